The molecule has 1 aliphatic heterocycles. The van der Waals surface area contributed by atoms with Gasteiger partial charge in [0.15, 0.2) is 11.6 Å². The van der Waals surface area contributed by atoms with Crippen molar-refractivity contribution in [2.75, 3.05) is 47.1 Å². The highest BCUT2D eigenvalue weighted by Crippen LogP contribution is 2.29. The van der Waals surface area contributed by atoms with E-state index in [2.05, 4.69) is 62.7 Å². The van der Waals surface area contributed by atoms with Gasteiger partial charge in [-0.1, -0.05) is 48.5 Å². The number of piperazine rings is 1. The lowest BCUT2D eigenvalue weighted by atomic mass is 10.0. The average Bonchev–Trinajstić information content (AvgIpc) is 2.89. The lowest BCUT2D eigenvalue weighted by Gasteiger charge is -2.38. The van der Waals surface area contributed by atoms with Gasteiger partial charge in [0.1, 0.15) is 12.0 Å². The van der Waals surface area contributed by atoms with Gasteiger partial charge < -0.3 is 15.5 Å². The Bertz CT molecular complexity index is 1370. The summed E-state index contributed by atoms with van der Waals surface area (Å²) >= 11 is 0. The van der Waals surface area contributed by atoms with E-state index in [4.69, 9.17) is 5.73 Å². The quantitative estimate of drug-likeness (QED) is 0.383. The van der Waals surface area contributed by atoms with Crippen molar-refractivity contribution < 1.29 is 4.79 Å². The summed E-state index contributed by atoms with van der Waals surface area (Å²) in [4.78, 5) is 26.1. The molecule has 4 aromatic rings. The molecule has 178 valence electrons. The number of nitrogens with zero attached hydrogens (tertiary/aromatic N) is 4. The fourth-order valence-corrected chi connectivity index (χ4v) is 4.58. The maximum atomic E-state index is 12.9. The number of carbonyl (C=O) groups excluding carboxylic acids is 1. The zero-order valence-corrected chi connectivity index (χ0v) is 20.0. The highest BCUT2D eigenvalue weighted by molar-refractivity contribution is 6.07. The Morgan fingerprint density at radius 1 is 0.886 bits per heavy atom. The highest BCUT2D eigenvalue weighted by Gasteiger charge is 2.23. The van der Waals surface area contributed by atoms with Crippen LogP contribution in [0.15, 0.2) is 67.0 Å². The van der Waals surface area contributed by atoms with Gasteiger partial charge in [-0.15, -0.1) is 0 Å². The van der Waals surface area contributed by atoms with Crippen molar-refractivity contribution in [2.24, 2.45) is 0 Å². The Hall–Kier alpha value is -4.33. The maximum absolute atomic E-state index is 12.9. The summed E-state index contributed by atoms with van der Waals surface area (Å²) in [6.07, 6.45) is 1.47. The third-order valence-corrected chi connectivity index (χ3v) is 6.69. The number of nitrogens with one attached hydrogen (secondary N) is 2. The van der Waals surface area contributed by atoms with Crippen LogP contribution in [0.2, 0.25) is 0 Å². The minimum absolute atomic E-state index is 0.261. The number of amides is 1. The van der Waals surface area contributed by atoms with Crippen molar-refractivity contribution in [3.8, 4) is 0 Å². The van der Waals surface area contributed by atoms with E-state index in [1.807, 2.05) is 36.4 Å². The van der Waals surface area contributed by atoms with E-state index >= 15 is 0 Å². The molecule has 8 heteroatoms. The van der Waals surface area contributed by atoms with Gasteiger partial charge >= 0.3 is 0 Å². The van der Waals surface area contributed by atoms with Crippen LogP contribution in [0.4, 0.5) is 23.0 Å². The third kappa shape index (κ3) is 4.42. The molecule has 1 aliphatic rings. The van der Waals surface area contributed by atoms with Crippen molar-refractivity contribution >= 4 is 39.7 Å². The zero-order valence-electron chi connectivity index (χ0n) is 20.0. The summed E-state index contributed by atoms with van der Waals surface area (Å²) in [6, 6.07) is 19.9. The molecule has 0 saturated carbocycles. The second-order valence-corrected chi connectivity index (χ2v) is 8.76. The van der Waals surface area contributed by atoms with Gasteiger partial charge in [0.05, 0.1) is 0 Å². The summed E-state index contributed by atoms with van der Waals surface area (Å²) in [5.74, 6) is 0.784. The SMILES string of the molecule is Cc1cccc(N2CCN(c3ncnc(NNC(=O)c4cccc5ccccc45)c3N)CC2)c1C. The first-order chi connectivity index (χ1) is 17.0. The molecule has 3 aromatic carbocycles. The molecule has 0 aliphatic carbocycles. The molecule has 4 N–H and O–H groups in total. The van der Waals surface area contributed by atoms with Gasteiger partial charge in [-0.05, 0) is 47.9 Å². The van der Waals surface area contributed by atoms with Crippen LogP contribution in [0.3, 0.4) is 0 Å². The minimum Gasteiger partial charge on any atom is -0.393 e. The molecule has 0 spiro atoms. The van der Waals surface area contributed by atoms with Gasteiger partial charge in [0.25, 0.3) is 5.91 Å². The number of anilines is 4. The van der Waals surface area contributed by atoms with Crippen LogP contribution in [-0.4, -0.2) is 42.1 Å². The van der Waals surface area contributed by atoms with E-state index < -0.39 is 0 Å². The summed E-state index contributed by atoms with van der Waals surface area (Å²) in [5, 5.41) is 1.89. The van der Waals surface area contributed by atoms with Crippen molar-refractivity contribution in [2.45, 2.75) is 13.8 Å². The van der Waals surface area contributed by atoms with Gasteiger partial charge in [-0.25, -0.2) is 9.97 Å². The molecule has 1 aromatic heterocycles. The summed E-state index contributed by atoms with van der Waals surface area (Å²) in [6.45, 7) is 7.63. The molecular weight excluding hydrogens is 438 g/mol. The van der Waals surface area contributed by atoms with E-state index in [1.165, 1.54) is 23.1 Å². The Balaban J connectivity index is 1.27. The van der Waals surface area contributed by atoms with E-state index in [1.54, 1.807) is 6.07 Å². The van der Waals surface area contributed by atoms with Gasteiger partial charge in [0, 0.05) is 37.4 Å². The second-order valence-electron chi connectivity index (χ2n) is 8.76. The predicted molar refractivity (Wildman–Crippen MR) is 142 cm³/mol. The fraction of sp³-hybridized carbons (Fsp3) is 0.222. The van der Waals surface area contributed by atoms with E-state index in [-0.39, 0.29) is 5.91 Å². The smallest absolute Gasteiger partial charge is 0.270 e. The van der Waals surface area contributed by atoms with Crippen LogP contribution in [0.25, 0.3) is 10.8 Å². The van der Waals surface area contributed by atoms with Crippen LogP contribution in [-0.2, 0) is 0 Å². The standard InChI is InChI=1S/C27H29N7O/c1-18-7-5-12-23(19(18)2)33-13-15-34(16-14-33)26-24(28)25(29-17-30-26)31-32-27(35)22-11-6-9-20-8-3-4-10-21(20)22/h3-12,17H,13-16,28H2,1-2H3,(H,32,35)(H,29,30,31). The van der Waals surface area contributed by atoms with Crippen molar-refractivity contribution in [3.63, 3.8) is 0 Å². The third-order valence-electron chi connectivity index (χ3n) is 6.69. The monoisotopic (exact) mass is 467 g/mol. The number of aromatic nitrogens is 2. The molecule has 1 saturated heterocycles. The topological polar surface area (TPSA) is 99.4 Å². The van der Waals surface area contributed by atoms with E-state index in [0.29, 0.717) is 22.9 Å². The number of carbonyl (C=O) groups is 1. The molecular formula is C27H29N7O. The van der Waals surface area contributed by atoms with Crippen molar-refractivity contribution in [3.05, 3.63) is 83.7 Å². The zero-order chi connectivity index (χ0) is 24.4. The largest absolute Gasteiger partial charge is 0.393 e. The number of nitrogen functional groups attached to an aromatic ring is 1. The Morgan fingerprint density at radius 3 is 2.43 bits per heavy atom. The first-order valence-electron chi connectivity index (χ1n) is 11.7. The fourth-order valence-electron chi connectivity index (χ4n) is 4.58. The first-order valence-corrected chi connectivity index (χ1v) is 11.7. The normalized spacial score (nSPS) is 13.7. The van der Waals surface area contributed by atoms with Crippen LogP contribution >= 0.6 is 0 Å². The molecule has 0 atom stereocenters. The number of hydrazine groups is 1. The molecule has 1 amide bonds. The van der Waals surface area contributed by atoms with Crippen LogP contribution in [0, 0.1) is 13.8 Å². The minimum atomic E-state index is -0.261. The van der Waals surface area contributed by atoms with Crippen LogP contribution in [0.1, 0.15) is 21.5 Å². The number of aryl methyl sites for hydroxylation is 1. The molecule has 2 heterocycles. The molecule has 5 rings (SSSR count). The molecule has 1 fully saturated rings. The number of hydrogen-bond acceptors (Lipinski definition) is 7. The van der Waals surface area contributed by atoms with Crippen LogP contribution < -0.4 is 26.4 Å². The molecule has 35 heavy (non-hydrogen) atoms. The van der Waals surface area contributed by atoms with Gasteiger partial charge in [-0.2, -0.15) is 0 Å². The molecule has 0 radical (unpaired) electrons. The highest BCUT2D eigenvalue weighted by atomic mass is 16.2. The maximum Gasteiger partial charge on any atom is 0.270 e. The summed E-state index contributed by atoms with van der Waals surface area (Å²) < 4.78 is 0. The van der Waals surface area contributed by atoms with E-state index in [0.717, 1.165) is 37.0 Å². The number of benzene rings is 3. The first kappa shape index (κ1) is 22.5. The molecule has 0 bridgehead atoms. The van der Waals surface area contributed by atoms with Crippen molar-refractivity contribution in [1.29, 1.82) is 0 Å². The predicted octanol–water partition coefficient (Wildman–Crippen LogP) is 3.91. The molecule has 8 nitrogen and oxygen atoms in total. The van der Waals surface area contributed by atoms with E-state index in [9.17, 15) is 4.79 Å². The van der Waals surface area contributed by atoms with Crippen molar-refractivity contribution in [1.82, 2.24) is 15.4 Å². The van der Waals surface area contributed by atoms with Gasteiger partial charge in [0.2, 0.25) is 0 Å². The summed E-state index contributed by atoms with van der Waals surface area (Å²) in [7, 11) is 0. The van der Waals surface area contributed by atoms with Crippen LogP contribution in [0.5, 0.6) is 0 Å². The Kier molecular flexibility index (Phi) is 6.10. The number of hydrogen-bond donors (Lipinski definition) is 3. The lowest BCUT2D eigenvalue weighted by molar-refractivity contribution is 0.0964. The number of fused-ring (bicyclic) bond motifs is 1. The molecule has 0 unspecified atom stereocenters. The lowest BCUT2D eigenvalue weighted by Crippen LogP contribution is -2.47. The summed E-state index contributed by atoms with van der Waals surface area (Å²) in [5.41, 5.74) is 16.9. The number of nitrogens with two attached hydrogens (primary N) is 1. The second kappa shape index (κ2) is 9.50. The van der Waals surface area contributed by atoms with Gasteiger partial charge in [-0.3, -0.25) is 15.6 Å². The average molecular weight is 468 g/mol. The number of rotatable bonds is 5. The Labute approximate surface area is 204 Å². The Morgan fingerprint density at radius 2 is 1.60 bits per heavy atom.